The Hall–Kier alpha value is -1.93. The number of hydrogen-bond acceptors (Lipinski definition) is 4. The molecule has 1 aliphatic heterocycles. The number of aryl methyl sites for hydroxylation is 2. The minimum Gasteiger partial charge on any atom is -0.370 e. The number of benzene rings is 2. The molecule has 1 amide bonds. The Morgan fingerprint density at radius 3 is 2.61 bits per heavy atom. The maximum atomic E-state index is 12.7. The van der Waals surface area contributed by atoms with Crippen molar-refractivity contribution in [3.63, 3.8) is 0 Å². The van der Waals surface area contributed by atoms with E-state index >= 15 is 0 Å². The fraction of sp³-hybridized carbons (Fsp3) is 0.435. The first-order valence-electron chi connectivity index (χ1n) is 10.7. The molecule has 0 saturated carbocycles. The van der Waals surface area contributed by atoms with Gasteiger partial charge in [0.25, 0.3) is 0 Å². The highest BCUT2D eigenvalue weighted by Gasteiger charge is 2.26. The molecule has 6 nitrogen and oxygen atoms in total. The van der Waals surface area contributed by atoms with Crippen LogP contribution < -0.4 is 4.72 Å². The number of morpholine rings is 1. The molecule has 0 aromatic heterocycles. The average molecular weight is 463 g/mol. The summed E-state index contributed by atoms with van der Waals surface area (Å²) < 4.78 is 33.7. The highest BCUT2D eigenvalue weighted by molar-refractivity contribution is 7.89. The second kappa shape index (κ2) is 9.69. The fourth-order valence-electron chi connectivity index (χ4n) is 4.17. The molecule has 1 heterocycles. The number of hydrogen-bond donors (Lipinski definition) is 1. The SMILES string of the molecule is O=C(CCNS(=O)(=O)c1ccc2c(c1)CCCC2)N1CCOC(c2ccc(Cl)cc2)C1. The summed E-state index contributed by atoms with van der Waals surface area (Å²) in [5.41, 5.74) is 3.32. The number of carbonyl (C=O) groups is 1. The van der Waals surface area contributed by atoms with Crippen LogP contribution in [0.4, 0.5) is 0 Å². The quantitative estimate of drug-likeness (QED) is 0.713. The van der Waals surface area contributed by atoms with E-state index in [1.54, 1.807) is 29.2 Å². The third kappa shape index (κ3) is 5.47. The summed E-state index contributed by atoms with van der Waals surface area (Å²) in [5.74, 6) is -0.0876. The molecule has 1 unspecified atom stereocenters. The maximum absolute atomic E-state index is 12.7. The number of rotatable bonds is 6. The van der Waals surface area contributed by atoms with Crippen LogP contribution in [0.1, 0.15) is 42.1 Å². The van der Waals surface area contributed by atoms with Gasteiger partial charge in [0.2, 0.25) is 15.9 Å². The Bertz CT molecular complexity index is 1040. The predicted octanol–water partition coefficient (Wildman–Crippen LogP) is 3.49. The number of fused-ring (bicyclic) bond motifs is 1. The highest BCUT2D eigenvalue weighted by atomic mass is 35.5. The predicted molar refractivity (Wildman–Crippen MR) is 120 cm³/mol. The van der Waals surface area contributed by atoms with Gasteiger partial charge in [0, 0.05) is 24.5 Å². The highest BCUT2D eigenvalue weighted by Crippen LogP contribution is 2.25. The van der Waals surface area contributed by atoms with Crippen molar-refractivity contribution in [1.82, 2.24) is 9.62 Å². The summed E-state index contributed by atoms with van der Waals surface area (Å²) in [6.45, 7) is 1.46. The van der Waals surface area contributed by atoms with Crippen LogP contribution in [0.15, 0.2) is 47.4 Å². The number of carbonyl (C=O) groups excluding carboxylic acids is 1. The van der Waals surface area contributed by atoms with Gasteiger partial charge in [-0.2, -0.15) is 0 Å². The lowest BCUT2D eigenvalue weighted by atomic mass is 9.92. The second-order valence-electron chi connectivity index (χ2n) is 8.04. The number of amides is 1. The van der Waals surface area contributed by atoms with E-state index in [4.69, 9.17) is 16.3 Å². The molecule has 4 rings (SSSR count). The lowest BCUT2D eigenvalue weighted by molar-refractivity contribution is -0.138. The molecular weight excluding hydrogens is 436 g/mol. The van der Waals surface area contributed by atoms with Gasteiger partial charge in [-0.05, 0) is 66.6 Å². The Balaban J connectivity index is 1.31. The summed E-state index contributed by atoms with van der Waals surface area (Å²) in [6.07, 6.45) is 4.07. The average Bonchev–Trinajstić information content (AvgIpc) is 2.79. The van der Waals surface area contributed by atoms with Crippen LogP contribution in [-0.4, -0.2) is 45.5 Å². The second-order valence-corrected chi connectivity index (χ2v) is 10.2. The summed E-state index contributed by atoms with van der Waals surface area (Å²) in [5, 5.41) is 0.652. The van der Waals surface area contributed by atoms with Crippen LogP contribution in [-0.2, 0) is 32.4 Å². The van der Waals surface area contributed by atoms with Gasteiger partial charge in [0.15, 0.2) is 0 Å². The molecule has 0 bridgehead atoms. The van der Waals surface area contributed by atoms with Crippen LogP contribution in [0, 0.1) is 0 Å². The zero-order valence-corrected chi connectivity index (χ0v) is 18.9. The third-order valence-corrected chi connectivity index (χ3v) is 7.63. The number of halogens is 1. The van der Waals surface area contributed by atoms with E-state index in [-0.39, 0.29) is 29.9 Å². The van der Waals surface area contributed by atoms with Crippen molar-refractivity contribution < 1.29 is 17.9 Å². The molecule has 1 atom stereocenters. The van der Waals surface area contributed by atoms with Gasteiger partial charge in [-0.1, -0.05) is 29.8 Å². The molecule has 1 aliphatic carbocycles. The standard InChI is InChI=1S/C23H27ClN2O4S/c24-20-8-5-18(6-9-20)22-16-26(13-14-30-22)23(27)11-12-25-31(28,29)21-10-7-17-3-1-2-4-19(17)15-21/h5-10,15,22,25H,1-4,11-14,16H2. The van der Waals surface area contributed by atoms with E-state index in [0.717, 1.165) is 36.8 Å². The summed E-state index contributed by atoms with van der Waals surface area (Å²) >= 11 is 5.94. The number of sulfonamides is 1. The molecule has 31 heavy (non-hydrogen) atoms. The van der Waals surface area contributed by atoms with Crippen molar-refractivity contribution >= 4 is 27.5 Å². The van der Waals surface area contributed by atoms with E-state index in [0.29, 0.717) is 24.7 Å². The normalized spacial score (nSPS) is 19.1. The summed E-state index contributed by atoms with van der Waals surface area (Å²) in [4.78, 5) is 14.7. The van der Waals surface area contributed by atoms with Crippen LogP contribution in [0.3, 0.4) is 0 Å². The van der Waals surface area contributed by atoms with E-state index in [1.807, 2.05) is 18.2 Å². The molecule has 166 valence electrons. The van der Waals surface area contributed by atoms with Gasteiger partial charge < -0.3 is 9.64 Å². The largest absolute Gasteiger partial charge is 0.370 e. The molecular formula is C23H27ClN2O4S. The first kappa shape index (κ1) is 22.3. The van der Waals surface area contributed by atoms with Crippen LogP contribution in [0.5, 0.6) is 0 Å². The Morgan fingerprint density at radius 2 is 1.84 bits per heavy atom. The first-order valence-corrected chi connectivity index (χ1v) is 12.5. The third-order valence-electron chi connectivity index (χ3n) is 5.92. The van der Waals surface area contributed by atoms with Crippen LogP contribution in [0.25, 0.3) is 0 Å². The van der Waals surface area contributed by atoms with Crippen molar-refractivity contribution in [3.8, 4) is 0 Å². The molecule has 2 aromatic rings. The van der Waals surface area contributed by atoms with Crippen LogP contribution in [0.2, 0.25) is 5.02 Å². The van der Waals surface area contributed by atoms with Gasteiger partial charge in [-0.15, -0.1) is 0 Å². The van der Waals surface area contributed by atoms with Gasteiger partial charge in [-0.25, -0.2) is 13.1 Å². The Kier molecular flexibility index (Phi) is 6.96. The zero-order chi connectivity index (χ0) is 21.8. The number of ether oxygens (including phenoxy) is 1. The van der Waals surface area contributed by atoms with E-state index in [1.165, 1.54) is 5.56 Å². The summed E-state index contributed by atoms with van der Waals surface area (Å²) in [6, 6.07) is 12.7. The summed E-state index contributed by atoms with van der Waals surface area (Å²) in [7, 11) is -3.64. The fourth-order valence-corrected chi connectivity index (χ4v) is 5.37. The van der Waals surface area contributed by atoms with Gasteiger partial charge in [0.1, 0.15) is 6.10 Å². The minimum atomic E-state index is -3.64. The van der Waals surface area contributed by atoms with E-state index in [2.05, 4.69) is 4.72 Å². The van der Waals surface area contributed by atoms with Gasteiger partial charge in [0.05, 0.1) is 18.0 Å². The lowest BCUT2D eigenvalue weighted by Crippen LogP contribution is -2.43. The van der Waals surface area contributed by atoms with Crippen LogP contribution >= 0.6 is 11.6 Å². The van der Waals surface area contributed by atoms with Gasteiger partial charge in [-0.3, -0.25) is 4.79 Å². The molecule has 0 spiro atoms. The maximum Gasteiger partial charge on any atom is 0.240 e. The number of nitrogens with one attached hydrogen (secondary N) is 1. The lowest BCUT2D eigenvalue weighted by Gasteiger charge is -2.33. The molecule has 2 aliphatic rings. The van der Waals surface area contributed by atoms with Crippen molar-refractivity contribution in [2.45, 2.75) is 43.1 Å². The molecule has 0 radical (unpaired) electrons. The molecule has 1 N–H and O–H groups in total. The molecule has 1 fully saturated rings. The van der Waals surface area contributed by atoms with E-state index in [9.17, 15) is 13.2 Å². The molecule has 8 heteroatoms. The minimum absolute atomic E-state index is 0.0707. The smallest absolute Gasteiger partial charge is 0.240 e. The van der Waals surface area contributed by atoms with Crippen molar-refractivity contribution in [3.05, 3.63) is 64.2 Å². The Labute approximate surface area is 188 Å². The number of nitrogens with zero attached hydrogens (tertiary/aromatic N) is 1. The van der Waals surface area contributed by atoms with Crippen molar-refractivity contribution in [2.75, 3.05) is 26.2 Å². The van der Waals surface area contributed by atoms with Crippen molar-refractivity contribution in [1.29, 1.82) is 0 Å². The Morgan fingerprint density at radius 1 is 1.10 bits per heavy atom. The van der Waals surface area contributed by atoms with E-state index < -0.39 is 10.0 Å². The molecule has 1 saturated heterocycles. The monoisotopic (exact) mass is 462 g/mol. The van der Waals surface area contributed by atoms with Crippen molar-refractivity contribution in [2.24, 2.45) is 0 Å². The topological polar surface area (TPSA) is 75.7 Å². The first-order chi connectivity index (χ1) is 14.9. The zero-order valence-electron chi connectivity index (χ0n) is 17.3. The molecule has 2 aromatic carbocycles. The van der Waals surface area contributed by atoms with Gasteiger partial charge >= 0.3 is 0 Å².